The van der Waals surface area contributed by atoms with Gasteiger partial charge in [0.25, 0.3) is 0 Å². The van der Waals surface area contributed by atoms with Gasteiger partial charge in [0.2, 0.25) is 0 Å². The maximum absolute atomic E-state index is 12.9. The van der Waals surface area contributed by atoms with Crippen LogP contribution in [0.15, 0.2) is 35.1 Å². The van der Waals surface area contributed by atoms with Crippen molar-refractivity contribution in [2.75, 3.05) is 5.32 Å². The minimum absolute atomic E-state index is 0.00856. The van der Waals surface area contributed by atoms with E-state index in [0.717, 1.165) is 11.8 Å². The number of aromatic nitrogens is 2. The molecule has 0 saturated heterocycles. The fraction of sp³-hybridized carbons (Fsp3) is 0.231. The van der Waals surface area contributed by atoms with Gasteiger partial charge in [-0.25, -0.2) is 0 Å². The van der Waals surface area contributed by atoms with Crippen LogP contribution in [-0.4, -0.2) is 9.97 Å². The van der Waals surface area contributed by atoms with E-state index in [1.54, 1.807) is 13.1 Å². The van der Waals surface area contributed by atoms with E-state index in [9.17, 15) is 13.2 Å². The zero-order chi connectivity index (χ0) is 14.8. The van der Waals surface area contributed by atoms with Crippen molar-refractivity contribution in [2.45, 2.75) is 19.6 Å². The van der Waals surface area contributed by atoms with E-state index in [1.165, 1.54) is 18.3 Å². The van der Waals surface area contributed by atoms with Crippen LogP contribution in [0.5, 0.6) is 0 Å². The molecule has 0 spiro atoms. The highest BCUT2D eigenvalue weighted by Crippen LogP contribution is 2.36. The lowest BCUT2D eigenvalue weighted by Crippen LogP contribution is -2.11. The van der Waals surface area contributed by atoms with Crippen molar-refractivity contribution in [1.82, 2.24) is 9.97 Å². The Hall–Kier alpha value is -1.63. The first kappa shape index (κ1) is 14.8. The number of hydrogen-bond donors (Lipinski definition) is 1. The highest BCUT2D eigenvalue weighted by molar-refractivity contribution is 9.10. The Morgan fingerprint density at radius 1 is 1.20 bits per heavy atom. The topological polar surface area (TPSA) is 37.8 Å². The monoisotopic (exact) mass is 345 g/mol. The second-order valence-electron chi connectivity index (χ2n) is 4.19. The molecule has 1 aromatic carbocycles. The van der Waals surface area contributed by atoms with Crippen LogP contribution in [0.2, 0.25) is 0 Å². The average Bonchev–Trinajstić information content (AvgIpc) is 2.36. The first-order valence-corrected chi connectivity index (χ1v) is 6.54. The Labute approximate surface area is 122 Å². The average molecular weight is 346 g/mol. The number of benzene rings is 1. The molecule has 0 aliphatic carbocycles. The SMILES string of the molecule is Cc1cnc(CNc2cc(Br)ccc2C(F)(F)F)cn1. The van der Waals surface area contributed by atoms with Gasteiger partial charge >= 0.3 is 6.18 Å². The third kappa shape index (κ3) is 3.69. The molecule has 0 saturated carbocycles. The predicted octanol–water partition coefficient (Wildman–Crippen LogP) is 4.18. The third-order valence-corrected chi connectivity index (χ3v) is 3.07. The molecule has 0 amide bonds. The molecule has 0 fully saturated rings. The summed E-state index contributed by atoms with van der Waals surface area (Å²) >= 11 is 3.16. The van der Waals surface area contributed by atoms with Crippen molar-refractivity contribution in [2.24, 2.45) is 0 Å². The van der Waals surface area contributed by atoms with Crippen molar-refractivity contribution in [3.05, 3.63) is 52.0 Å². The Balaban J connectivity index is 2.20. The largest absolute Gasteiger partial charge is 0.418 e. The maximum atomic E-state index is 12.9. The van der Waals surface area contributed by atoms with Crippen LogP contribution in [0.1, 0.15) is 17.0 Å². The van der Waals surface area contributed by atoms with E-state index in [-0.39, 0.29) is 12.2 Å². The van der Waals surface area contributed by atoms with Crippen LogP contribution in [0.25, 0.3) is 0 Å². The molecule has 3 nitrogen and oxygen atoms in total. The van der Waals surface area contributed by atoms with Gasteiger partial charge in [0.1, 0.15) is 0 Å². The fourth-order valence-corrected chi connectivity index (χ4v) is 1.97. The summed E-state index contributed by atoms with van der Waals surface area (Å²) in [6.07, 6.45) is -1.29. The van der Waals surface area contributed by atoms with E-state index in [2.05, 4.69) is 31.2 Å². The van der Waals surface area contributed by atoms with Crippen LogP contribution >= 0.6 is 15.9 Å². The number of rotatable bonds is 3. The lowest BCUT2D eigenvalue weighted by Gasteiger charge is -2.14. The smallest absolute Gasteiger partial charge is 0.379 e. The summed E-state index contributed by atoms with van der Waals surface area (Å²) < 4.78 is 39.2. The van der Waals surface area contributed by atoms with E-state index in [4.69, 9.17) is 0 Å². The molecule has 20 heavy (non-hydrogen) atoms. The maximum Gasteiger partial charge on any atom is 0.418 e. The standard InChI is InChI=1S/C13H11BrF3N3/c1-8-5-19-10(6-18-8)7-20-12-4-9(14)2-3-11(12)13(15,16)17/h2-6,20H,7H2,1H3. The van der Waals surface area contributed by atoms with Crippen LogP contribution in [0, 0.1) is 6.92 Å². The zero-order valence-electron chi connectivity index (χ0n) is 10.5. The Bertz CT molecular complexity index is 597. The van der Waals surface area contributed by atoms with Crippen molar-refractivity contribution in [3.8, 4) is 0 Å². The molecule has 0 aliphatic rings. The van der Waals surface area contributed by atoms with Crippen molar-refractivity contribution < 1.29 is 13.2 Å². The quantitative estimate of drug-likeness (QED) is 0.906. The number of nitrogens with one attached hydrogen (secondary N) is 1. The summed E-state index contributed by atoms with van der Waals surface area (Å²) in [6.45, 7) is 1.97. The van der Waals surface area contributed by atoms with Crippen LogP contribution in [-0.2, 0) is 12.7 Å². The normalized spacial score (nSPS) is 11.4. The van der Waals surface area contributed by atoms with Gasteiger partial charge in [0, 0.05) is 16.4 Å². The minimum Gasteiger partial charge on any atom is -0.379 e. The molecule has 0 unspecified atom stereocenters. The molecule has 1 N–H and O–H groups in total. The summed E-state index contributed by atoms with van der Waals surface area (Å²) in [5.41, 5.74) is 0.630. The first-order chi connectivity index (χ1) is 9.36. The van der Waals surface area contributed by atoms with Crippen LogP contribution in [0.3, 0.4) is 0 Å². The van der Waals surface area contributed by atoms with Crippen LogP contribution in [0.4, 0.5) is 18.9 Å². The van der Waals surface area contributed by atoms with Gasteiger partial charge in [0.15, 0.2) is 0 Å². The summed E-state index contributed by atoms with van der Waals surface area (Å²) in [5, 5.41) is 2.74. The van der Waals surface area contributed by atoms with Gasteiger partial charge in [-0.1, -0.05) is 15.9 Å². The zero-order valence-corrected chi connectivity index (χ0v) is 12.1. The summed E-state index contributed by atoms with van der Waals surface area (Å²) in [5.74, 6) is 0. The van der Waals surface area contributed by atoms with Gasteiger partial charge < -0.3 is 5.32 Å². The highest BCUT2D eigenvalue weighted by atomic mass is 79.9. The number of nitrogens with zero attached hydrogens (tertiary/aromatic N) is 2. The lowest BCUT2D eigenvalue weighted by molar-refractivity contribution is -0.137. The molecule has 7 heteroatoms. The van der Waals surface area contributed by atoms with E-state index in [0.29, 0.717) is 10.2 Å². The molecule has 0 bridgehead atoms. The highest BCUT2D eigenvalue weighted by Gasteiger charge is 2.33. The molecule has 2 aromatic rings. The Kier molecular flexibility index (Phi) is 4.27. The molecule has 0 atom stereocenters. The molecule has 106 valence electrons. The first-order valence-electron chi connectivity index (χ1n) is 5.74. The second-order valence-corrected chi connectivity index (χ2v) is 5.11. The number of alkyl halides is 3. The Morgan fingerprint density at radius 3 is 2.55 bits per heavy atom. The van der Waals surface area contributed by atoms with Gasteiger partial charge in [-0.2, -0.15) is 13.2 Å². The predicted molar refractivity (Wildman–Crippen MR) is 73.2 cm³/mol. The fourth-order valence-electron chi connectivity index (χ4n) is 1.61. The molecule has 1 aromatic heterocycles. The number of anilines is 1. The Morgan fingerprint density at radius 2 is 1.95 bits per heavy atom. The van der Waals surface area contributed by atoms with E-state index >= 15 is 0 Å². The molecule has 1 heterocycles. The lowest BCUT2D eigenvalue weighted by atomic mass is 10.1. The third-order valence-electron chi connectivity index (χ3n) is 2.58. The number of hydrogen-bond acceptors (Lipinski definition) is 3. The van der Waals surface area contributed by atoms with Crippen molar-refractivity contribution >= 4 is 21.6 Å². The van der Waals surface area contributed by atoms with Crippen LogP contribution < -0.4 is 5.32 Å². The van der Waals surface area contributed by atoms with Gasteiger partial charge in [0.05, 0.1) is 29.7 Å². The summed E-state index contributed by atoms with van der Waals surface area (Å²) in [7, 11) is 0. The number of aryl methyl sites for hydroxylation is 1. The molecule has 2 rings (SSSR count). The molecular weight excluding hydrogens is 335 g/mol. The van der Waals surface area contributed by atoms with Gasteiger partial charge in [-0.3, -0.25) is 9.97 Å². The summed E-state index contributed by atoms with van der Waals surface area (Å²) in [4.78, 5) is 8.14. The van der Waals surface area contributed by atoms with Gasteiger partial charge in [-0.15, -0.1) is 0 Å². The summed E-state index contributed by atoms with van der Waals surface area (Å²) in [6, 6.07) is 3.79. The molecule has 0 radical (unpaired) electrons. The van der Waals surface area contributed by atoms with Crippen molar-refractivity contribution in [1.29, 1.82) is 0 Å². The molecular formula is C13H11BrF3N3. The molecule has 0 aliphatic heterocycles. The minimum atomic E-state index is -4.40. The van der Waals surface area contributed by atoms with Gasteiger partial charge in [-0.05, 0) is 25.1 Å². The van der Waals surface area contributed by atoms with E-state index in [1.807, 2.05) is 0 Å². The second kappa shape index (κ2) is 5.78. The number of halogens is 4. The van der Waals surface area contributed by atoms with Crippen molar-refractivity contribution in [3.63, 3.8) is 0 Å². The van der Waals surface area contributed by atoms with E-state index < -0.39 is 11.7 Å².